The molecule has 4 amide bonds. The molecule has 16 heterocycles. The van der Waals surface area contributed by atoms with Gasteiger partial charge in [0.25, 0.3) is 23.5 Å². The third-order valence-corrected chi connectivity index (χ3v) is 27.4. The first kappa shape index (κ1) is 86.3. The first-order valence-corrected chi connectivity index (χ1v) is 43.7. The van der Waals surface area contributed by atoms with Crippen molar-refractivity contribution in [3.8, 4) is 29.4 Å². The van der Waals surface area contributed by atoms with Crippen molar-refractivity contribution < 1.29 is 42.9 Å². The topological polar surface area (TPSA) is 380 Å². The van der Waals surface area contributed by atoms with Crippen molar-refractivity contribution >= 4 is 97.9 Å². The summed E-state index contributed by atoms with van der Waals surface area (Å²) in [5.41, 5.74) is 8.86. The van der Waals surface area contributed by atoms with E-state index in [9.17, 15) is 28.8 Å². The summed E-state index contributed by atoms with van der Waals surface area (Å²) in [6, 6.07) is 0. The Morgan fingerprint density at radius 2 is 0.785 bits per heavy atom. The molecule has 8 unspecified atom stereocenters. The molecule has 6 aliphatic heterocycles. The molecule has 0 spiro atoms. The molecule has 5 saturated carbocycles. The number of carbonyl (C=O) groups excluding carboxylic acids is 4. The minimum Gasteiger partial charge on any atom is -0.481 e. The van der Waals surface area contributed by atoms with E-state index >= 15 is 0 Å². The summed E-state index contributed by atoms with van der Waals surface area (Å²) in [5.74, 6) is 12.7. The largest absolute Gasteiger partial charge is 0.481 e. The lowest BCUT2D eigenvalue weighted by Crippen LogP contribution is -2.33. The highest BCUT2D eigenvalue weighted by atomic mass is 16.5. The second kappa shape index (κ2) is 34.3. The third kappa shape index (κ3) is 15.9. The lowest BCUT2D eigenvalue weighted by molar-refractivity contribution is -0.126. The molecular formula is C90H111N29O11. The number of aromatic nitrogens is 18. The summed E-state index contributed by atoms with van der Waals surface area (Å²) < 4.78 is 44.8. The molecule has 5 aliphatic carbocycles. The number of carbonyl (C=O) groups is 4. The fraction of sp³-hybridized carbons (Fsp3) is 0.444. The number of nitrogens with zero attached hydrogens (tertiary/aromatic N) is 24. The Morgan fingerprint density at radius 3 is 1.15 bits per heavy atom. The van der Waals surface area contributed by atoms with Gasteiger partial charge in [-0.15, -0.1) is 20.4 Å². The molecule has 130 heavy (non-hydrogen) atoms. The zero-order valence-corrected chi connectivity index (χ0v) is 75.2. The monoisotopic (exact) mass is 1770 g/mol. The van der Waals surface area contributed by atoms with Crippen LogP contribution >= 0.6 is 0 Å². The van der Waals surface area contributed by atoms with Gasteiger partial charge in [0.15, 0.2) is 22.9 Å². The molecule has 5 N–H and O–H groups in total. The van der Waals surface area contributed by atoms with Crippen molar-refractivity contribution in [3.63, 3.8) is 0 Å². The fourth-order valence-electron chi connectivity index (χ4n) is 20.3. The van der Waals surface area contributed by atoms with E-state index in [2.05, 4.69) is 122 Å². The minimum absolute atomic E-state index is 0.0102. The lowest BCUT2D eigenvalue weighted by Gasteiger charge is -2.32. The van der Waals surface area contributed by atoms with Gasteiger partial charge >= 0.3 is 11.4 Å². The predicted molar refractivity (Wildman–Crippen MR) is 487 cm³/mol. The van der Waals surface area contributed by atoms with Crippen LogP contribution in [0.2, 0.25) is 0 Å². The van der Waals surface area contributed by atoms with Crippen LogP contribution in [-0.4, -0.2) is 247 Å². The van der Waals surface area contributed by atoms with Crippen molar-refractivity contribution in [2.75, 3.05) is 135 Å². The lowest BCUT2D eigenvalue weighted by atomic mass is 10.1. The molecule has 4 saturated heterocycles. The highest BCUT2D eigenvalue weighted by molar-refractivity contribution is 5.90. The Balaban J connectivity index is 0.000000117. The number of rotatable bonds is 28. The Kier molecular flexibility index (Phi) is 22.7. The van der Waals surface area contributed by atoms with Crippen LogP contribution in [0.15, 0.2) is 148 Å². The molecule has 0 radical (unpaired) electrons. The molecule has 10 aromatic rings. The number of likely N-dealkylation sites (tertiary alicyclic amines) is 4. The molecular weight excluding hydrogens is 1660 g/mol. The van der Waals surface area contributed by atoms with Crippen LogP contribution < -0.4 is 61.6 Å². The standard InChI is InChI=1S/C23H27N7O3.C23H29N7O3.C22H28N8O2.C22H27N7O3/c1-4-20(31)28-8-14-15(9-28)16(14)10-29-12-17(25-18-11-27(2)26-22(18)33-3)21-24-7-19(13-5-6-13)30(21)23(29)32;1-6-20(31)28-8-14-15(9-28)16(14)10-29-12-17(25-18-11-27(4)26-22(18)33-5)21-24-7-19(13(2)3)30(21)23(29)32;1-6-20(31)29-9-15-14(16(15)10-29)8-28-12-17(25-18-11-27(4)26-22(18)32-5)21-24-7-19(23-3)30(21)13(28)2;1-6-19(30)28-9-15-14(16(15)10-28)8-27-12-17(24-18-11-26(3)25-22(18)32-5)21-23-7-20(31-4)29(21)13(27)2/h4,7,11-16,25H,1,5-6,8-10H2,2-3H3;6-7,11-16,25H,1,8-10H2,2-5H3;6-7,11-12,14-16,23,25H,1-2,8-10H2,3-5H3;6-7,11-12,14-16,24H,1-2,8-10H2,3-5H3. The van der Waals surface area contributed by atoms with Gasteiger partial charge in [-0.3, -0.25) is 51.6 Å². The molecule has 0 aromatic carbocycles. The molecule has 8 atom stereocenters. The number of fused-ring (bicyclic) bond motifs is 8. The first-order valence-electron chi connectivity index (χ1n) is 43.7. The smallest absolute Gasteiger partial charge is 0.334 e. The molecule has 10 aromatic heterocycles. The van der Waals surface area contributed by atoms with Crippen LogP contribution in [0.25, 0.3) is 34.3 Å². The zero-order valence-electron chi connectivity index (χ0n) is 75.2. The van der Waals surface area contributed by atoms with Crippen LogP contribution in [0, 0.1) is 71.0 Å². The highest BCUT2D eigenvalue weighted by Crippen LogP contribution is 2.57. The van der Waals surface area contributed by atoms with Gasteiger partial charge in [0.05, 0.1) is 107 Å². The van der Waals surface area contributed by atoms with Crippen molar-refractivity contribution in [2.24, 2.45) is 99.2 Å². The zero-order chi connectivity index (χ0) is 91.4. The van der Waals surface area contributed by atoms with Crippen molar-refractivity contribution in [3.05, 3.63) is 182 Å². The number of aryl methyl sites for hydroxylation is 4. The van der Waals surface area contributed by atoms with E-state index in [1.165, 1.54) is 24.3 Å². The average Bonchev–Trinajstić information content (AvgIpc) is 1.58. The van der Waals surface area contributed by atoms with Gasteiger partial charge in [0, 0.05) is 157 Å². The van der Waals surface area contributed by atoms with Crippen LogP contribution in [0.5, 0.6) is 29.4 Å². The summed E-state index contributed by atoms with van der Waals surface area (Å²) in [6.45, 7) is 36.1. The van der Waals surface area contributed by atoms with Gasteiger partial charge in [-0.1, -0.05) is 53.3 Å². The summed E-state index contributed by atoms with van der Waals surface area (Å²) in [7, 11) is 17.2. The van der Waals surface area contributed by atoms with Gasteiger partial charge in [-0.2, -0.15) is 0 Å². The van der Waals surface area contributed by atoms with Gasteiger partial charge in [-0.25, -0.2) is 42.9 Å². The number of anilines is 7. The van der Waals surface area contributed by atoms with E-state index in [0.29, 0.717) is 154 Å². The number of piperidine rings is 4. The maximum absolute atomic E-state index is 13.5. The Bertz CT molecular complexity index is 5990. The molecule has 21 rings (SSSR count). The second-order valence-electron chi connectivity index (χ2n) is 35.5. The van der Waals surface area contributed by atoms with Crippen molar-refractivity contribution in [1.82, 2.24) is 116 Å². The average molecular weight is 1780 g/mol. The number of ether oxygens (including phenoxy) is 5. The summed E-state index contributed by atoms with van der Waals surface area (Å²) in [5, 5.41) is 34.0. The van der Waals surface area contributed by atoms with Gasteiger partial charge in [-0.05, 0) is 114 Å². The normalized spacial score (nSPS) is 23.0. The number of imidazole rings is 4. The fourth-order valence-corrected chi connectivity index (χ4v) is 20.3. The van der Waals surface area contributed by atoms with Crippen LogP contribution in [0.3, 0.4) is 0 Å². The first-order chi connectivity index (χ1) is 62.7. The van der Waals surface area contributed by atoms with Crippen LogP contribution in [-0.2, 0) is 60.5 Å². The van der Waals surface area contributed by atoms with Crippen LogP contribution in [0.4, 0.5) is 39.9 Å². The third-order valence-electron chi connectivity index (χ3n) is 27.4. The molecule has 11 aliphatic rings. The maximum atomic E-state index is 13.5. The number of hydrogen-bond donors (Lipinski definition) is 5. The molecule has 40 heteroatoms. The number of hydrogen-bond acceptors (Lipinski definition) is 26. The summed E-state index contributed by atoms with van der Waals surface area (Å²) >= 11 is 0. The Hall–Kier alpha value is -14.5. The quantitative estimate of drug-likeness (QED) is 0.0304. The molecule has 0 bridgehead atoms. The van der Waals surface area contributed by atoms with E-state index in [1.54, 1.807) is 90.8 Å². The van der Waals surface area contributed by atoms with E-state index < -0.39 is 0 Å². The predicted octanol–water partition coefficient (Wildman–Crippen LogP) is 7.14. The van der Waals surface area contributed by atoms with Gasteiger partial charge < -0.3 is 79.7 Å². The van der Waals surface area contributed by atoms with Crippen molar-refractivity contribution in [2.45, 2.75) is 51.6 Å². The Morgan fingerprint density at radius 1 is 0.438 bits per heavy atom. The van der Waals surface area contributed by atoms with Crippen LogP contribution in [0.1, 0.15) is 61.6 Å². The van der Waals surface area contributed by atoms with Gasteiger partial charge in [0.2, 0.25) is 29.5 Å². The van der Waals surface area contributed by atoms with E-state index in [4.69, 9.17) is 23.7 Å². The van der Waals surface area contributed by atoms with Gasteiger partial charge in [0.1, 0.15) is 40.2 Å². The maximum Gasteiger partial charge on any atom is 0.334 e. The van der Waals surface area contributed by atoms with E-state index in [0.717, 1.165) is 141 Å². The molecule has 9 fully saturated rings. The molecule has 40 nitrogen and oxygen atoms in total. The molecule has 682 valence electrons. The minimum atomic E-state index is -0.0982. The number of nitrogens with one attached hydrogen (secondary N) is 5. The van der Waals surface area contributed by atoms with E-state index in [1.807, 2.05) is 127 Å². The summed E-state index contributed by atoms with van der Waals surface area (Å²) in [6.07, 6.45) is 30.0. The summed E-state index contributed by atoms with van der Waals surface area (Å²) in [4.78, 5) is 105. The SMILES string of the molecule is C=CC(=O)N1CC2C(C1)C2Cn1cc(Nc2cn(C)nc2OC)c2ncc(C(C)C)n2c1=O.C=CC(=O)N1CC2C(C1)C2Cn1cc(Nc2cn(C)nc2OC)c2ncc(C3CC3)n2c1=O.C=CC(=O)N1CC2C(CN3C=C(Nc4cn(C)nc4OC)c4ncc(NC)n4C3=C)C2C1.C=CC(=O)N1CC2C(CN3C=C(Nc4cn(C)nc4OC)c4ncc(OC)n4C3=C)C2C1. The van der Waals surface area contributed by atoms with E-state index in [-0.39, 0.29) is 40.9 Å². The number of methoxy groups -OCH3 is 5. The number of amides is 4. The van der Waals surface area contributed by atoms with Crippen molar-refractivity contribution in [1.29, 1.82) is 0 Å². The highest BCUT2D eigenvalue weighted by Gasteiger charge is 2.60. The second-order valence-corrected chi connectivity index (χ2v) is 35.5. The Labute approximate surface area is 749 Å².